The first-order valence-corrected chi connectivity index (χ1v) is 10.6. The molecule has 0 radical (unpaired) electrons. The predicted molar refractivity (Wildman–Crippen MR) is 106 cm³/mol. The molecule has 2 aliphatic rings. The monoisotopic (exact) mass is 389 g/mol. The van der Waals surface area contributed by atoms with E-state index in [-0.39, 0.29) is 18.2 Å². The maximum atomic E-state index is 5.99. The number of hydrogen-bond donors (Lipinski definition) is 1. The summed E-state index contributed by atoms with van der Waals surface area (Å²) >= 11 is 1.63. The van der Waals surface area contributed by atoms with Crippen molar-refractivity contribution in [2.45, 2.75) is 44.9 Å². The lowest BCUT2D eigenvalue weighted by Crippen LogP contribution is -2.43. The maximum Gasteiger partial charge on any atom is 0.227 e. The lowest BCUT2D eigenvalue weighted by atomic mass is 9.94. The number of nitrogens with one attached hydrogen (secondary N) is 1. The van der Waals surface area contributed by atoms with Crippen LogP contribution in [-0.2, 0) is 9.47 Å². The quantitative estimate of drug-likeness (QED) is 0.842. The molecule has 7 nitrogen and oxygen atoms in total. The van der Waals surface area contributed by atoms with Gasteiger partial charge in [0.25, 0.3) is 0 Å². The van der Waals surface area contributed by atoms with Gasteiger partial charge in [-0.25, -0.2) is 9.97 Å². The zero-order valence-corrected chi connectivity index (χ0v) is 16.7. The largest absolute Gasteiger partial charge is 0.376 e. The zero-order valence-electron chi connectivity index (χ0n) is 15.9. The lowest BCUT2D eigenvalue weighted by molar-refractivity contribution is -0.0203. The minimum Gasteiger partial charge on any atom is -0.376 e. The van der Waals surface area contributed by atoms with Crippen molar-refractivity contribution in [3.05, 3.63) is 28.8 Å². The summed E-state index contributed by atoms with van der Waals surface area (Å²) in [5.41, 5.74) is 0. The average molecular weight is 390 g/mol. The summed E-state index contributed by atoms with van der Waals surface area (Å²) in [6, 6.07) is 2.23. The van der Waals surface area contributed by atoms with Crippen LogP contribution >= 0.6 is 11.3 Å². The van der Waals surface area contributed by atoms with Crippen molar-refractivity contribution >= 4 is 23.1 Å². The first-order valence-electron chi connectivity index (χ1n) is 9.68. The second kappa shape index (κ2) is 8.50. The second-order valence-corrected chi connectivity index (χ2v) is 8.32. The Bertz CT molecular complexity index is 727. The third-order valence-electron chi connectivity index (χ3n) is 5.08. The van der Waals surface area contributed by atoms with E-state index in [0.717, 1.165) is 49.3 Å². The van der Waals surface area contributed by atoms with Crippen molar-refractivity contribution in [1.29, 1.82) is 0 Å². The first-order chi connectivity index (χ1) is 13.2. The number of thiazole rings is 1. The van der Waals surface area contributed by atoms with Crippen LogP contribution in [0.4, 0.5) is 11.8 Å². The number of aromatic nitrogens is 3. The lowest BCUT2D eigenvalue weighted by Gasteiger charge is -2.35. The first kappa shape index (κ1) is 18.6. The average Bonchev–Trinajstić information content (AvgIpc) is 3.23. The molecule has 0 saturated carbocycles. The summed E-state index contributed by atoms with van der Waals surface area (Å²) in [5.74, 6) is 2.07. The van der Waals surface area contributed by atoms with Crippen molar-refractivity contribution < 1.29 is 9.47 Å². The highest BCUT2D eigenvalue weighted by atomic mass is 32.1. The van der Waals surface area contributed by atoms with Gasteiger partial charge in [0.2, 0.25) is 5.95 Å². The minimum atomic E-state index is -0.0176. The van der Waals surface area contributed by atoms with Gasteiger partial charge < -0.3 is 19.7 Å². The Morgan fingerprint density at radius 2 is 2.15 bits per heavy atom. The molecule has 0 amide bonds. The molecular formula is C19H27N5O2S. The zero-order chi connectivity index (χ0) is 18.6. The SMILES string of the molecule is CC(C)[C@@H]1OCCC[C@H]1Nc1ccnc(N2CCO[C@@H](c3nccs3)C2)n1. The van der Waals surface area contributed by atoms with E-state index < -0.39 is 0 Å². The number of anilines is 2. The smallest absolute Gasteiger partial charge is 0.227 e. The van der Waals surface area contributed by atoms with Gasteiger partial charge in [-0.3, -0.25) is 0 Å². The van der Waals surface area contributed by atoms with Gasteiger partial charge >= 0.3 is 0 Å². The molecule has 0 aliphatic carbocycles. The fourth-order valence-corrected chi connectivity index (χ4v) is 4.44. The Kier molecular flexibility index (Phi) is 5.85. The van der Waals surface area contributed by atoms with Crippen LogP contribution in [0.1, 0.15) is 37.8 Å². The molecule has 4 heterocycles. The molecule has 0 bridgehead atoms. The van der Waals surface area contributed by atoms with Crippen molar-refractivity contribution in [2.75, 3.05) is 36.5 Å². The summed E-state index contributed by atoms with van der Waals surface area (Å²) < 4.78 is 11.9. The van der Waals surface area contributed by atoms with Gasteiger partial charge in [-0.1, -0.05) is 13.8 Å². The normalized spacial score (nSPS) is 26.3. The third kappa shape index (κ3) is 4.39. The molecule has 1 N–H and O–H groups in total. The van der Waals surface area contributed by atoms with Gasteiger partial charge in [0.1, 0.15) is 16.9 Å². The van der Waals surface area contributed by atoms with Gasteiger partial charge in [-0.05, 0) is 24.8 Å². The maximum absolute atomic E-state index is 5.99. The number of rotatable bonds is 5. The van der Waals surface area contributed by atoms with Crippen LogP contribution in [0, 0.1) is 5.92 Å². The molecule has 8 heteroatoms. The molecule has 0 aromatic carbocycles. The van der Waals surface area contributed by atoms with E-state index in [1.54, 1.807) is 11.3 Å². The number of morpholine rings is 1. The fraction of sp³-hybridized carbons (Fsp3) is 0.632. The third-order valence-corrected chi connectivity index (χ3v) is 5.94. The predicted octanol–water partition coefficient (Wildman–Crippen LogP) is 3.13. The molecule has 146 valence electrons. The fourth-order valence-electron chi connectivity index (χ4n) is 3.76. The standard InChI is InChI=1S/C19H27N5O2S/c1-13(2)17-14(4-3-9-26-17)22-16-5-6-21-19(23-16)24-8-10-25-15(12-24)18-20-7-11-27-18/h5-7,11,13-15,17H,3-4,8-10,12H2,1-2H3,(H,21,22,23)/t14-,15-,17+/m1/s1. The van der Waals surface area contributed by atoms with Crippen LogP contribution in [0.3, 0.4) is 0 Å². The van der Waals surface area contributed by atoms with E-state index in [4.69, 9.17) is 14.5 Å². The van der Waals surface area contributed by atoms with E-state index in [1.807, 2.05) is 23.8 Å². The highest BCUT2D eigenvalue weighted by Crippen LogP contribution is 2.27. The minimum absolute atomic E-state index is 0.0176. The van der Waals surface area contributed by atoms with Crippen molar-refractivity contribution in [3.63, 3.8) is 0 Å². The van der Waals surface area contributed by atoms with Gasteiger partial charge in [0, 0.05) is 30.9 Å². The topological polar surface area (TPSA) is 72.4 Å². The molecule has 3 atom stereocenters. The van der Waals surface area contributed by atoms with E-state index in [9.17, 15) is 0 Å². The Labute approximate surface area is 164 Å². The number of hydrogen-bond acceptors (Lipinski definition) is 8. The Hall–Kier alpha value is -1.77. The summed E-state index contributed by atoms with van der Waals surface area (Å²) in [5, 5.41) is 6.58. The van der Waals surface area contributed by atoms with Crippen LogP contribution in [0.2, 0.25) is 0 Å². The van der Waals surface area contributed by atoms with Crippen molar-refractivity contribution in [1.82, 2.24) is 15.0 Å². The summed E-state index contributed by atoms with van der Waals surface area (Å²) in [6.07, 6.45) is 6.03. The molecule has 2 aromatic rings. The summed E-state index contributed by atoms with van der Waals surface area (Å²) in [7, 11) is 0. The second-order valence-electron chi connectivity index (χ2n) is 7.39. The van der Waals surface area contributed by atoms with Gasteiger partial charge in [0.05, 0.1) is 25.3 Å². The number of ether oxygens (including phenoxy) is 2. The summed E-state index contributed by atoms with van der Waals surface area (Å²) in [6.45, 7) is 7.43. The van der Waals surface area contributed by atoms with Crippen molar-refractivity contribution in [3.8, 4) is 0 Å². The molecule has 0 spiro atoms. The highest BCUT2D eigenvalue weighted by molar-refractivity contribution is 7.09. The molecule has 2 saturated heterocycles. The Morgan fingerprint density at radius 1 is 1.22 bits per heavy atom. The van der Waals surface area contributed by atoms with Gasteiger partial charge in [-0.15, -0.1) is 11.3 Å². The van der Waals surface area contributed by atoms with E-state index in [2.05, 4.69) is 34.0 Å². The van der Waals surface area contributed by atoms with Crippen LogP contribution in [0.5, 0.6) is 0 Å². The number of nitrogens with zero attached hydrogens (tertiary/aromatic N) is 4. The molecule has 2 aromatic heterocycles. The van der Waals surface area contributed by atoms with Crippen molar-refractivity contribution in [2.24, 2.45) is 5.92 Å². The van der Waals surface area contributed by atoms with Crippen LogP contribution in [0.15, 0.2) is 23.8 Å². The molecule has 0 unspecified atom stereocenters. The van der Waals surface area contributed by atoms with E-state index >= 15 is 0 Å². The Balaban J connectivity index is 1.45. The molecule has 2 aliphatic heterocycles. The molecule has 2 fully saturated rings. The van der Waals surface area contributed by atoms with Crippen LogP contribution in [0.25, 0.3) is 0 Å². The molecule has 27 heavy (non-hydrogen) atoms. The molecule has 4 rings (SSSR count). The van der Waals surface area contributed by atoms with Gasteiger partial charge in [0.15, 0.2) is 0 Å². The van der Waals surface area contributed by atoms with Crippen LogP contribution < -0.4 is 10.2 Å². The van der Waals surface area contributed by atoms with E-state index in [1.165, 1.54) is 0 Å². The van der Waals surface area contributed by atoms with Crippen LogP contribution in [-0.4, -0.2) is 53.4 Å². The Morgan fingerprint density at radius 3 is 2.96 bits per heavy atom. The summed E-state index contributed by atoms with van der Waals surface area (Å²) in [4.78, 5) is 15.8. The highest BCUT2D eigenvalue weighted by Gasteiger charge is 2.29. The van der Waals surface area contributed by atoms with Gasteiger partial charge in [-0.2, -0.15) is 4.98 Å². The van der Waals surface area contributed by atoms with E-state index in [0.29, 0.717) is 12.5 Å². The molecular weight excluding hydrogens is 362 g/mol.